The number of aryl methyl sites for hydroxylation is 2. The van der Waals surface area contributed by atoms with Gasteiger partial charge in [-0.1, -0.05) is 30.3 Å². The van der Waals surface area contributed by atoms with Crippen LogP contribution < -0.4 is 26.6 Å². The monoisotopic (exact) mass is 634 g/mol. The minimum Gasteiger partial charge on any atom is -0.481 e. The van der Waals surface area contributed by atoms with Crippen LogP contribution in [0, 0.1) is 13.8 Å². The van der Waals surface area contributed by atoms with E-state index in [1.165, 1.54) is 30.4 Å². The smallest absolute Gasteiger partial charge is 0.330 e. The standard InChI is InChI=1S/C36H38N6O5/c1-20-23(24-9-7-11-27(21(24)2)37-32(44)26-17-40(3)35(46)41(4)34(26)45)8-6-10-25(20)28-16-22-12-13-29(31(22)33(38-28)47-5)42-18-36(19-42)15-14-30(43)39-36/h6-11,16-17,29H,12-15,18-19H2,1-5H3,(H,37,44)(H,39,43)/t29-/m0/s1. The number of nitrogens with zero attached hydrogens (tertiary/aromatic N) is 4. The summed E-state index contributed by atoms with van der Waals surface area (Å²) in [5.41, 5.74) is 7.27. The summed E-state index contributed by atoms with van der Waals surface area (Å²) in [6, 6.07) is 14.2. The van der Waals surface area contributed by atoms with Crippen molar-refractivity contribution in [3.05, 3.63) is 97.3 Å². The average Bonchev–Trinajstić information content (AvgIpc) is 3.65. The number of methoxy groups -OCH3 is 1. The van der Waals surface area contributed by atoms with Crippen LogP contribution in [0.2, 0.25) is 0 Å². The number of rotatable bonds is 6. The molecule has 0 bridgehead atoms. The van der Waals surface area contributed by atoms with Crippen molar-refractivity contribution in [2.45, 2.75) is 51.1 Å². The minimum atomic E-state index is -0.650. The fourth-order valence-corrected chi connectivity index (χ4v) is 7.62. The fraction of sp³-hybridized carbons (Fsp3) is 0.361. The summed E-state index contributed by atoms with van der Waals surface area (Å²) in [6.07, 6.45) is 4.69. The molecule has 11 nitrogen and oxygen atoms in total. The predicted octanol–water partition coefficient (Wildman–Crippen LogP) is 3.64. The lowest BCUT2D eigenvalue weighted by Gasteiger charge is -2.50. The Hall–Kier alpha value is -5.03. The third kappa shape index (κ3) is 5.05. The second kappa shape index (κ2) is 11.3. The zero-order valence-electron chi connectivity index (χ0n) is 27.3. The van der Waals surface area contributed by atoms with E-state index in [9.17, 15) is 19.2 Å². The van der Waals surface area contributed by atoms with E-state index >= 15 is 0 Å². The molecule has 2 N–H and O–H groups in total. The maximum absolute atomic E-state index is 13.2. The molecule has 1 atom stereocenters. The molecule has 7 rings (SSSR count). The van der Waals surface area contributed by atoms with Crippen molar-refractivity contribution in [2.75, 3.05) is 25.5 Å². The summed E-state index contributed by atoms with van der Waals surface area (Å²) in [5, 5.41) is 6.07. The molecular formula is C36H38N6O5. The van der Waals surface area contributed by atoms with Crippen molar-refractivity contribution in [2.24, 2.45) is 14.1 Å². The Morgan fingerprint density at radius 1 is 1.00 bits per heavy atom. The summed E-state index contributed by atoms with van der Waals surface area (Å²) in [5.74, 6) is 0.214. The summed E-state index contributed by atoms with van der Waals surface area (Å²) in [6.45, 7) is 5.72. The van der Waals surface area contributed by atoms with Crippen molar-refractivity contribution in [3.8, 4) is 28.3 Å². The molecular weight excluding hydrogens is 596 g/mol. The van der Waals surface area contributed by atoms with Gasteiger partial charge in [-0.2, -0.15) is 0 Å². The van der Waals surface area contributed by atoms with Crippen molar-refractivity contribution < 1.29 is 14.3 Å². The van der Waals surface area contributed by atoms with Crippen LogP contribution in [0.3, 0.4) is 0 Å². The molecule has 11 heteroatoms. The molecule has 4 aromatic rings. The number of likely N-dealkylation sites (tertiary alicyclic amines) is 1. The number of nitrogens with one attached hydrogen (secondary N) is 2. The van der Waals surface area contributed by atoms with Crippen LogP contribution in [0.5, 0.6) is 5.88 Å². The average molecular weight is 635 g/mol. The van der Waals surface area contributed by atoms with E-state index in [0.717, 1.165) is 76.0 Å². The first-order valence-electron chi connectivity index (χ1n) is 15.9. The summed E-state index contributed by atoms with van der Waals surface area (Å²) in [7, 11) is 4.53. The second-order valence-electron chi connectivity index (χ2n) is 13.1. The van der Waals surface area contributed by atoms with Gasteiger partial charge in [0, 0.05) is 62.7 Å². The Balaban J connectivity index is 1.18. The Morgan fingerprint density at radius 3 is 2.40 bits per heavy atom. The van der Waals surface area contributed by atoms with Crippen LogP contribution in [0.1, 0.15) is 57.9 Å². The summed E-state index contributed by atoms with van der Waals surface area (Å²) in [4.78, 5) is 57.3. The number of fused-ring (bicyclic) bond motifs is 1. The highest BCUT2D eigenvalue weighted by atomic mass is 16.5. The van der Waals surface area contributed by atoms with Crippen molar-refractivity contribution >= 4 is 17.5 Å². The highest BCUT2D eigenvalue weighted by molar-refractivity contribution is 6.04. The van der Waals surface area contributed by atoms with Crippen LogP contribution in [0.4, 0.5) is 5.69 Å². The lowest BCUT2D eigenvalue weighted by molar-refractivity contribution is -0.121. The van der Waals surface area contributed by atoms with Gasteiger partial charge in [-0.25, -0.2) is 9.78 Å². The first kappa shape index (κ1) is 30.6. The predicted molar refractivity (Wildman–Crippen MR) is 179 cm³/mol. The molecule has 2 amide bonds. The van der Waals surface area contributed by atoms with Crippen LogP contribution in [-0.2, 0) is 25.3 Å². The number of pyridine rings is 1. The number of amides is 2. The SMILES string of the molecule is COc1nc(-c2cccc(-c3cccc(NC(=O)c4cn(C)c(=O)n(C)c4=O)c3C)c2C)cc2c1[C@@H](N1CC3(CCC(=O)N3)C1)CC2. The van der Waals surface area contributed by atoms with Gasteiger partial charge in [-0.3, -0.25) is 23.9 Å². The van der Waals surface area contributed by atoms with Crippen molar-refractivity contribution in [1.82, 2.24) is 24.3 Å². The molecule has 2 aromatic carbocycles. The number of carbonyl (C=O) groups is 2. The molecule has 2 fully saturated rings. The van der Waals surface area contributed by atoms with E-state index in [-0.39, 0.29) is 23.1 Å². The van der Waals surface area contributed by atoms with E-state index in [0.29, 0.717) is 18.0 Å². The maximum Gasteiger partial charge on any atom is 0.330 e. The maximum atomic E-state index is 13.2. The van der Waals surface area contributed by atoms with Gasteiger partial charge < -0.3 is 19.9 Å². The Labute approximate surface area is 272 Å². The van der Waals surface area contributed by atoms with Crippen LogP contribution in [-0.4, -0.2) is 56.6 Å². The largest absolute Gasteiger partial charge is 0.481 e. The van der Waals surface area contributed by atoms with Gasteiger partial charge in [0.25, 0.3) is 11.5 Å². The molecule has 0 radical (unpaired) electrons. The van der Waals surface area contributed by atoms with Gasteiger partial charge in [-0.05, 0) is 73.1 Å². The molecule has 242 valence electrons. The Kier molecular flexibility index (Phi) is 7.39. The molecule has 0 unspecified atom stereocenters. The van der Waals surface area contributed by atoms with Crippen LogP contribution in [0.15, 0.2) is 58.3 Å². The topological polar surface area (TPSA) is 128 Å². The molecule has 1 spiro atoms. The second-order valence-corrected chi connectivity index (χ2v) is 13.1. The van der Waals surface area contributed by atoms with E-state index < -0.39 is 17.2 Å². The lowest BCUT2D eigenvalue weighted by Crippen LogP contribution is -2.67. The number of ether oxygens (including phenoxy) is 1. The van der Waals surface area contributed by atoms with E-state index in [4.69, 9.17) is 9.72 Å². The molecule has 2 aromatic heterocycles. The van der Waals surface area contributed by atoms with Crippen LogP contribution >= 0.6 is 0 Å². The number of hydrogen-bond donors (Lipinski definition) is 2. The minimum absolute atomic E-state index is 0.0747. The van der Waals surface area contributed by atoms with E-state index in [2.05, 4.69) is 40.7 Å². The van der Waals surface area contributed by atoms with Crippen LogP contribution in [0.25, 0.3) is 22.4 Å². The number of benzene rings is 2. The van der Waals surface area contributed by atoms with Gasteiger partial charge in [0.2, 0.25) is 11.8 Å². The number of carbonyl (C=O) groups excluding carboxylic acids is 2. The van der Waals surface area contributed by atoms with Crippen molar-refractivity contribution in [1.29, 1.82) is 0 Å². The van der Waals surface area contributed by atoms with Gasteiger partial charge in [0.1, 0.15) is 5.56 Å². The van der Waals surface area contributed by atoms with Gasteiger partial charge in [-0.15, -0.1) is 0 Å². The quantitative estimate of drug-likeness (QED) is 0.332. The van der Waals surface area contributed by atoms with Gasteiger partial charge >= 0.3 is 5.69 Å². The summed E-state index contributed by atoms with van der Waals surface area (Å²) >= 11 is 0. The highest BCUT2D eigenvalue weighted by Gasteiger charge is 2.51. The van der Waals surface area contributed by atoms with E-state index in [1.807, 2.05) is 25.1 Å². The zero-order valence-corrected chi connectivity index (χ0v) is 27.3. The lowest BCUT2D eigenvalue weighted by atomic mass is 9.86. The number of aromatic nitrogens is 3. The number of anilines is 1. The molecule has 2 aliphatic heterocycles. The normalized spacial score (nSPS) is 18.1. The van der Waals surface area contributed by atoms with E-state index in [1.54, 1.807) is 13.2 Å². The Bertz CT molecular complexity index is 2090. The molecule has 1 aliphatic carbocycles. The van der Waals surface area contributed by atoms with Gasteiger partial charge in [0.05, 0.1) is 18.3 Å². The van der Waals surface area contributed by atoms with Crippen molar-refractivity contribution in [3.63, 3.8) is 0 Å². The third-order valence-electron chi connectivity index (χ3n) is 10.2. The number of hydrogen-bond acceptors (Lipinski definition) is 7. The molecule has 47 heavy (non-hydrogen) atoms. The molecule has 2 saturated heterocycles. The molecule has 3 aliphatic rings. The molecule has 0 saturated carbocycles. The Morgan fingerprint density at radius 2 is 1.70 bits per heavy atom. The highest BCUT2D eigenvalue weighted by Crippen LogP contribution is 2.47. The summed E-state index contributed by atoms with van der Waals surface area (Å²) < 4.78 is 8.04. The van der Waals surface area contributed by atoms with Gasteiger partial charge in [0.15, 0.2) is 0 Å². The zero-order chi connectivity index (χ0) is 33.2. The first-order valence-corrected chi connectivity index (χ1v) is 15.9. The third-order valence-corrected chi connectivity index (χ3v) is 10.2. The molecule has 4 heterocycles. The first-order chi connectivity index (χ1) is 22.5. The fourth-order valence-electron chi connectivity index (χ4n) is 7.62.